The van der Waals surface area contributed by atoms with Gasteiger partial charge in [-0.3, -0.25) is 19.2 Å². The molecule has 0 aromatic heterocycles. The third-order valence-electron chi connectivity index (χ3n) is 7.13. The van der Waals surface area contributed by atoms with E-state index in [2.05, 4.69) is 16.0 Å². The molecule has 4 aliphatic rings. The lowest BCUT2D eigenvalue weighted by Crippen LogP contribution is -2.53. The molecule has 39 heavy (non-hydrogen) atoms. The fourth-order valence-electron chi connectivity index (χ4n) is 5.27. The maximum Gasteiger partial charge on any atom is 0.251 e. The number of hydrogen-bond donors (Lipinski definition) is 3. The molecule has 0 spiro atoms. The Bertz CT molecular complexity index is 1440. The van der Waals surface area contributed by atoms with Gasteiger partial charge in [0.05, 0.1) is 32.4 Å². The summed E-state index contributed by atoms with van der Waals surface area (Å²) >= 11 is 0. The minimum absolute atomic E-state index is 0.0113. The second kappa shape index (κ2) is 11.1. The summed E-state index contributed by atoms with van der Waals surface area (Å²) in [5, 5.41) is 10.1. The lowest BCUT2D eigenvalue weighted by molar-refractivity contribution is -0.135. The Kier molecular flexibility index (Phi) is 7.47. The topological polar surface area (TPSA) is 120 Å². The number of nitrogens with one attached hydrogen (secondary N) is 3. The number of rotatable bonds is 4. The van der Waals surface area contributed by atoms with Crippen LogP contribution in [0.1, 0.15) is 28.8 Å². The number of nitrogens with zero attached hydrogens (tertiary/aromatic N) is 2. The first-order valence-electron chi connectivity index (χ1n) is 12.9. The van der Waals surface area contributed by atoms with Crippen molar-refractivity contribution < 1.29 is 23.9 Å². The average molecular weight is 530 g/mol. The first kappa shape index (κ1) is 26.2. The number of ether oxygens (including phenoxy) is 1. The zero-order valence-corrected chi connectivity index (χ0v) is 22.0. The monoisotopic (exact) mass is 529 g/mol. The normalized spacial score (nSPS) is 19.5. The molecular weight excluding hydrogens is 498 g/mol. The van der Waals surface area contributed by atoms with Gasteiger partial charge >= 0.3 is 0 Å². The van der Waals surface area contributed by atoms with Crippen LogP contribution >= 0.6 is 0 Å². The second-order valence-corrected chi connectivity index (χ2v) is 9.59. The molecule has 10 nitrogen and oxygen atoms in total. The van der Waals surface area contributed by atoms with E-state index in [9.17, 15) is 19.2 Å². The Balaban J connectivity index is 1.71. The molecule has 2 aromatic rings. The fourth-order valence-corrected chi connectivity index (χ4v) is 5.27. The highest BCUT2D eigenvalue weighted by molar-refractivity contribution is 6.00. The van der Waals surface area contributed by atoms with Gasteiger partial charge in [-0.2, -0.15) is 0 Å². The van der Waals surface area contributed by atoms with Gasteiger partial charge in [0.2, 0.25) is 5.91 Å². The van der Waals surface area contributed by atoms with Crippen molar-refractivity contribution in [2.24, 2.45) is 0 Å². The van der Waals surface area contributed by atoms with E-state index in [-0.39, 0.29) is 49.8 Å². The van der Waals surface area contributed by atoms with Crippen LogP contribution in [0.2, 0.25) is 0 Å². The van der Waals surface area contributed by atoms with Gasteiger partial charge in [0.25, 0.3) is 17.7 Å². The van der Waals surface area contributed by atoms with Gasteiger partial charge in [-0.25, -0.2) is 0 Å². The molecular formula is C29H31N5O5. The number of methoxy groups -OCH3 is 1. The summed E-state index contributed by atoms with van der Waals surface area (Å²) in [5.41, 5.74) is 2.57. The third kappa shape index (κ3) is 5.15. The Labute approximate surface area is 226 Å². The van der Waals surface area contributed by atoms with Crippen LogP contribution in [-0.2, 0) is 20.9 Å². The maximum absolute atomic E-state index is 14.1. The van der Waals surface area contributed by atoms with Gasteiger partial charge < -0.3 is 30.5 Å². The number of likely N-dealkylation sites (N-methyl/N-ethyl adjacent to an activating group) is 1. The van der Waals surface area contributed by atoms with Crippen LogP contribution in [0.3, 0.4) is 0 Å². The quantitative estimate of drug-likeness (QED) is 0.553. The smallest absolute Gasteiger partial charge is 0.251 e. The van der Waals surface area contributed by atoms with Gasteiger partial charge in [-0.05, 0) is 54.9 Å². The van der Waals surface area contributed by atoms with E-state index in [1.165, 1.54) is 6.08 Å². The predicted octanol–water partition coefficient (Wildman–Crippen LogP) is 1.58. The van der Waals surface area contributed by atoms with Crippen molar-refractivity contribution in [3.8, 4) is 5.75 Å². The molecule has 4 amide bonds. The molecule has 1 aliphatic carbocycles. The van der Waals surface area contributed by atoms with Gasteiger partial charge in [-0.15, -0.1) is 0 Å². The molecule has 202 valence electrons. The highest BCUT2D eigenvalue weighted by Crippen LogP contribution is 2.35. The number of benzene rings is 2. The lowest BCUT2D eigenvalue weighted by atomic mass is 9.99. The Morgan fingerprint density at radius 2 is 1.95 bits per heavy atom. The van der Waals surface area contributed by atoms with E-state index in [1.54, 1.807) is 42.2 Å². The van der Waals surface area contributed by atoms with E-state index in [0.717, 1.165) is 16.3 Å². The van der Waals surface area contributed by atoms with Crippen LogP contribution in [0.4, 0.5) is 0 Å². The molecule has 0 saturated heterocycles. The van der Waals surface area contributed by atoms with Crippen molar-refractivity contribution in [2.45, 2.75) is 25.4 Å². The highest BCUT2D eigenvalue weighted by Gasteiger charge is 2.38. The predicted molar refractivity (Wildman–Crippen MR) is 145 cm³/mol. The van der Waals surface area contributed by atoms with E-state index in [0.29, 0.717) is 35.5 Å². The van der Waals surface area contributed by atoms with Crippen LogP contribution < -0.4 is 20.7 Å². The largest absolute Gasteiger partial charge is 0.496 e. The summed E-state index contributed by atoms with van der Waals surface area (Å²) < 4.78 is 5.70. The van der Waals surface area contributed by atoms with Crippen molar-refractivity contribution in [1.29, 1.82) is 0 Å². The van der Waals surface area contributed by atoms with Crippen LogP contribution in [-0.4, -0.2) is 73.3 Å². The molecule has 3 heterocycles. The number of carbonyl (C=O) groups excluding carboxylic acids is 4. The van der Waals surface area contributed by atoms with Gasteiger partial charge in [0, 0.05) is 29.4 Å². The Hall–Kier alpha value is -4.44. The molecule has 0 saturated carbocycles. The highest BCUT2D eigenvalue weighted by atomic mass is 16.5. The summed E-state index contributed by atoms with van der Waals surface area (Å²) in [6.45, 7) is 0.320. The summed E-state index contributed by atoms with van der Waals surface area (Å²) in [7, 11) is 3.22. The van der Waals surface area contributed by atoms with E-state index in [4.69, 9.17) is 4.74 Å². The maximum atomic E-state index is 14.1. The number of carbonyl (C=O) groups is 4. The zero-order valence-electron chi connectivity index (χ0n) is 22.0. The minimum Gasteiger partial charge on any atom is -0.496 e. The molecule has 6 bridgehead atoms. The molecule has 2 aromatic carbocycles. The molecule has 0 radical (unpaired) electrons. The van der Waals surface area contributed by atoms with Crippen LogP contribution in [0.25, 0.3) is 10.8 Å². The SMILES string of the molecule is CNCC(=O)NC1CN2C(=O)C=CCNC(=O)c3ccc4c(c(OC)ccc4c3)CN(C1=O)C1=C2CCC=C1. The summed E-state index contributed by atoms with van der Waals surface area (Å²) in [6, 6.07) is 8.13. The van der Waals surface area contributed by atoms with Crippen molar-refractivity contribution in [2.75, 3.05) is 33.8 Å². The molecule has 1 atom stereocenters. The minimum atomic E-state index is -0.967. The molecule has 1 unspecified atom stereocenters. The summed E-state index contributed by atoms with van der Waals surface area (Å²) in [4.78, 5) is 56.2. The zero-order chi connectivity index (χ0) is 27.5. The molecule has 0 fully saturated rings. The molecule has 6 rings (SSSR count). The van der Waals surface area contributed by atoms with Gasteiger partial charge in [-0.1, -0.05) is 24.3 Å². The van der Waals surface area contributed by atoms with Crippen LogP contribution in [0.15, 0.2) is 66.0 Å². The third-order valence-corrected chi connectivity index (χ3v) is 7.13. The van der Waals surface area contributed by atoms with E-state index < -0.39 is 6.04 Å². The number of hydrogen-bond acceptors (Lipinski definition) is 6. The van der Waals surface area contributed by atoms with Gasteiger partial charge in [0.1, 0.15) is 11.8 Å². The van der Waals surface area contributed by atoms with Crippen molar-refractivity contribution in [3.63, 3.8) is 0 Å². The first-order chi connectivity index (χ1) is 18.9. The molecule has 10 heteroatoms. The Morgan fingerprint density at radius 3 is 2.74 bits per heavy atom. The van der Waals surface area contributed by atoms with Crippen molar-refractivity contribution in [1.82, 2.24) is 25.8 Å². The number of fused-ring (bicyclic) bond motifs is 5. The number of allylic oxidation sites excluding steroid dienone is 3. The molecule has 3 aliphatic heterocycles. The standard InChI is InChI=1S/C29H31N5O5/c1-30-15-26(35)32-22-17-33-23-6-3-4-7-24(23)34(29(22)38)16-21-20-11-9-19(14-18(20)10-12-25(21)39-2)28(37)31-13-5-8-27(33)36/h4-5,7-12,14,22,30H,3,6,13,15-17H2,1-2H3,(H,31,37)(H,32,35). The Morgan fingerprint density at radius 1 is 1.10 bits per heavy atom. The summed E-state index contributed by atoms with van der Waals surface area (Å²) in [5.74, 6) is -0.671. The van der Waals surface area contributed by atoms with E-state index >= 15 is 0 Å². The second-order valence-electron chi connectivity index (χ2n) is 9.59. The number of amides is 4. The lowest BCUT2D eigenvalue weighted by Gasteiger charge is -2.29. The summed E-state index contributed by atoms with van der Waals surface area (Å²) in [6.07, 6.45) is 8.11. The average Bonchev–Trinajstić information content (AvgIpc) is 3.05. The van der Waals surface area contributed by atoms with Gasteiger partial charge in [0.15, 0.2) is 0 Å². The fraction of sp³-hybridized carbons (Fsp3) is 0.310. The van der Waals surface area contributed by atoms with Crippen molar-refractivity contribution >= 4 is 34.4 Å². The molecule has 3 N–H and O–H groups in total. The van der Waals surface area contributed by atoms with E-state index in [1.807, 2.05) is 30.4 Å². The first-order valence-corrected chi connectivity index (χ1v) is 12.9. The van der Waals surface area contributed by atoms with Crippen LogP contribution in [0, 0.1) is 0 Å². The van der Waals surface area contributed by atoms with Crippen LogP contribution in [0.5, 0.6) is 5.75 Å². The van der Waals surface area contributed by atoms with Crippen molar-refractivity contribution in [3.05, 3.63) is 77.2 Å².